The molecule has 2 aromatic heterocycles. The summed E-state index contributed by atoms with van der Waals surface area (Å²) in [5.41, 5.74) is 0.453. The second-order valence-corrected chi connectivity index (χ2v) is 11.3. The fourth-order valence-electron chi connectivity index (χ4n) is 5.78. The summed E-state index contributed by atoms with van der Waals surface area (Å²) < 4.78 is 31.1. The molecule has 13 heteroatoms. The summed E-state index contributed by atoms with van der Waals surface area (Å²) in [4.78, 5) is 23.7. The molecule has 12 nitrogen and oxygen atoms in total. The van der Waals surface area contributed by atoms with E-state index in [0.29, 0.717) is 11.7 Å². The number of anilines is 3. The van der Waals surface area contributed by atoms with Gasteiger partial charge in [0, 0.05) is 49.7 Å². The Morgan fingerprint density at radius 1 is 1.23 bits per heavy atom. The predicted molar refractivity (Wildman–Crippen MR) is 142 cm³/mol. The van der Waals surface area contributed by atoms with Gasteiger partial charge in [-0.05, 0) is 68.2 Å². The molecule has 3 fully saturated rings. The predicted octanol–water partition coefficient (Wildman–Crippen LogP) is 2.36. The van der Waals surface area contributed by atoms with Gasteiger partial charge < -0.3 is 20.5 Å². The van der Waals surface area contributed by atoms with E-state index >= 15 is 0 Å². The van der Waals surface area contributed by atoms with E-state index in [9.17, 15) is 14.3 Å². The molecule has 1 aliphatic carbocycles. The molecule has 3 aromatic rings. The lowest BCUT2D eigenvalue weighted by Crippen LogP contribution is -2.50. The van der Waals surface area contributed by atoms with Gasteiger partial charge in [0.15, 0.2) is 11.6 Å². The fourth-order valence-corrected chi connectivity index (χ4v) is 5.78. The lowest BCUT2D eigenvalue weighted by atomic mass is 9.92. The Kier molecular flexibility index (Phi) is 6.19. The summed E-state index contributed by atoms with van der Waals surface area (Å²) in [6, 6.07) is 5.47. The average molecular weight is 541 g/mol. The van der Waals surface area contributed by atoms with Gasteiger partial charge >= 0.3 is 5.69 Å². The SMILES string of the molecule is [2H]C1(Oc2ccc(Nc3ncc(F)c(N[C@H]4CCN5[C@@H](CCC5(C)C)C4)n3)cc2-n2nnn(C)c2=O)CC(O)C1. The molecule has 0 radical (unpaired) electrons. The van der Waals surface area contributed by atoms with Crippen LogP contribution in [-0.2, 0) is 7.05 Å². The molecule has 3 aliphatic rings. The summed E-state index contributed by atoms with van der Waals surface area (Å²) in [7, 11) is 1.47. The molecule has 0 amide bonds. The number of hydrogen-bond acceptors (Lipinski definition) is 10. The summed E-state index contributed by atoms with van der Waals surface area (Å²) >= 11 is 0. The van der Waals surface area contributed by atoms with Gasteiger partial charge in [0.2, 0.25) is 5.95 Å². The van der Waals surface area contributed by atoms with E-state index in [1.165, 1.54) is 7.05 Å². The Hall–Kier alpha value is -3.58. The highest BCUT2D eigenvalue weighted by molar-refractivity contribution is 5.62. The third-order valence-corrected chi connectivity index (χ3v) is 8.01. The molecule has 0 spiro atoms. The number of hydrogen-bond donors (Lipinski definition) is 3. The van der Waals surface area contributed by atoms with Gasteiger partial charge in [0.25, 0.3) is 0 Å². The smallest absolute Gasteiger partial charge is 0.368 e. The van der Waals surface area contributed by atoms with Gasteiger partial charge in [-0.2, -0.15) is 14.3 Å². The van der Waals surface area contributed by atoms with Crippen molar-refractivity contribution in [1.29, 1.82) is 0 Å². The summed E-state index contributed by atoms with van der Waals surface area (Å²) in [6.07, 6.45) is 3.66. The van der Waals surface area contributed by atoms with Crippen molar-refractivity contribution in [2.75, 3.05) is 17.2 Å². The van der Waals surface area contributed by atoms with Crippen LogP contribution in [-0.4, -0.2) is 76.1 Å². The highest BCUT2D eigenvalue weighted by Crippen LogP contribution is 2.39. The molecule has 4 heterocycles. The Bertz CT molecular complexity index is 1470. The number of aliphatic hydroxyl groups is 1. The van der Waals surface area contributed by atoms with Crippen LogP contribution in [0.4, 0.5) is 21.8 Å². The van der Waals surface area contributed by atoms with Crippen LogP contribution in [0.2, 0.25) is 0 Å². The molecule has 2 aliphatic heterocycles. The third kappa shape index (κ3) is 5.08. The molecule has 1 saturated carbocycles. The van der Waals surface area contributed by atoms with Gasteiger partial charge in [-0.25, -0.2) is 14.2 Å². The molecular formula is C26H34FN9O3. The monoisotopic (exact) mass is 540 g/mol. The van der Waals surface area contributed by atoms with E-state index in [0.717, 1.165) is 47.8 Å². The zero-order valence-corrected chi connectivity index (χ0v) is 22.3. The van der Waals surface area contributed by atoms with Crippen molar-refractivity contribution in [3.63, 3.8) is 0 Å². The van der Waals surface area contributed by atoms with Crippen LogP contribution in [0.3, 0.4) is 0 Å². The lowest BCUT2D eigenvalue weighted by molar-refractivity contribution is -0.0108. The van der Waals surface area contributed by atoms with Crippen LogP contribution < -0.4 is 21.1 Å². The fraction of sp³-hybridized carbons (Fsp3) is 0.577. The van der Waals surface area contributed by atoms with Gasteiger partial charge in [-0.15, -0.1) is 0 Å². The second-order valence-electron chi connectivity index (χ2n) is 11.3. The number of aliphatic hydroxyl groups excluding tert-OH is 1. The Labute approximate surface area is 226 Å². The first-order chi connectivity index (χ1) is 19.0. The van der Waals surface area contributed by atoms with E-state index in [4.69, 9.17) is 6.11 Å². The Morgan fingerprint density at radius 3 is 2.79 bits per heavy atom. The molecular weight excluding hydrogens is 505 g/mol. The van der Waals surface area contributed by atoms with Gasteiger partial charge in [-0.3, -0.25) is 4.90 Å². The number of tetrazole rings is 1. The van der Waals surface area contributed by atoms with Crippen molar-refractivity contribution in [2.45, 2.75) is 82.2 Å². The number of ether oxygens (including phenoxy) is 1. The molecule has 3 N–H and O–H groups in total. The van der Waals surface area contributed by atoms with Crippen LogP contribution in [0, 0.1) is 5.82 Å². The minimum atomic E-state index is -1.31. The number of nitrogens with zero attached hydrogens (tertiary/aromatic N) is 7. The zero-order chi connectivity index (χ0) is 28.2. The highest BCUT2D eigenvalue weighted by atomic mass is 19.1. The van der Waals surface area contributed by atoms with Crippen LogP contribution >= 0.6 is 0 Å². The van der Waals surface area contributed by atoms with E-state index in [-0.39, 0.29) is 47.6 Å². The van der Waals surface area contributed by atoms with E-state index < -0.39 is 23.7 Å². The number of fused-ring (bicyclic) bond motifs is 1. The number of aryl methyl sites for hydroxylation is 1. The summed E-state index contributed by atoms with van der Waals surface area (Å²) in [5, 5.41) is 23.7. The Balaban J connectivity index is 1.22. The molecule has 0 bridgehead atoms. The molecule has 0 unspecified atom stereocenters. The number of aromatic nitrogens is 6. The Morgan fingerprint density at radius 2 is 2.05 bits per heavy atom. The number of benzene rings is 1. The number of nitrogens with one attached hydrogen (secondary N) is 2. The van der Waals surface area contributed by atoms with Crippen molar-refractivity contribution in [1.82, 2.24) is 34.7 Å². The number of piperidine rings is 1. The van der Waals surface area contributed by atoms with E-state index in [2.05, 4.69) is 49.8 Å². The minimum absolute atomic E-state index is 0.112. The minimum Gasteiger partial charge on any atom is -0.488 e. The summed E-state index contributed by atoms with van der Waals surface area (Å²) in [5.74, 6) is 0.0179. The summed E-state index contributed by atoms with van der Waals surface area (Å²) in [6.45, 7) is 5.54. The first kappa shape index (κ1) is 24.5. The number of rotatable bonds is 7. The maximum Gasteiger partial charge on any atom is 0.368 e. The van der Waals surface area contributed by atoms with Gasteiger partial charge in [0.05, 0.1) is 13.7 Å². The number of halogens is 1. The quantitative estimate of drug-likeness (QED) is 0.410. The molecule has 2 saturated heterocycles. The zero-order valence-electron chi connectivity index (χ0n) is 23.3. The van der Waals surface area contributed by atoms with Gasteiger partial charge in [-0.1, -0.05) is 0 Å². The average Bonchev–Trinajstić information content (AvgIpc) is 3.38. The normalized spacial score (nSPS) is 28.3. The molecule has 39 heavy (non-hydrogen) atoms. The van der Waals surface area contributed by atoms with Crippen molar-refractivity contribution in [3.8, 4) is 11.4 Å². The topological polar surface area (TPSA) is 135 Å². The van der Waals surface area contributed by atoms with Crippen LogP contribution in [0.15, 0.2) is 29.2 Å². The molecule has 2 atom stereocenters. The van der Waals surface area contributed by atoms with Gasteiger partial charge in [0.1, 0.15) is 17.5 Å². The van der Waals surface area contributed by atoms with Crippen molar-refractivity contribution < 1.29 is 15.6 Å². The van der Waals surface area contributed by atoms with Crippen molar-refractivity contribution in [2.24, 2.45) is 7.05 Å². The maximum absolute atomic E-state index is 14.7. The lowest BCUT2D eigenvalue weighted by Gasteiger charge is -2.42. The van der Waals surface area contributed by atoms with Crippen LogP contribution in [0.1, 0.15) is 53.7 Å². The van der Waals surface area contributed by atoms with E-state index in [1.54, 1.807) is 18.2 Å². The second kappa shape index (κ2) is 9.87. The third-order valence-electron chi connectivity index (χ3n) is 8.01. The van der Waals surface area contributed by atoms with Crippen LogP contribution in [0.5, 0.6) is 5.75 Å². The van der Waals surface area contributed by atoms with Crippen LogP contribution in [0.25, 0.3) is 5.69 Å². The van der Waals surface area contributed by atoms with Crippen molar-refractivity contribution >= 4 is 17.5 Å². The van der Waals surface area contributed by atoms with Crippen molar-refractivity contribution in [3.05, 3.63) is 40.7 Å². The molecule has 6 rings (SSSR count). The first-order valence-corrected chi connectivity index (χ1v) is 13.3. The maximum atomic E-state index is 14.7. The van der Waals surface area contributed by atoms with E-state index in [1.807, 2.05) is 0 Å². The standard InChI is InChI=1S/C26H34FN9O3/c1-26(2)8-6-17-10-16(7-9-35(17)26)29-23-20(27)14-28-24(31-23)30-15-4-5-22(39-19-12-18(37)13-19)21(11-15)36-25(38)34(3)32-33-36/h4-5,11,14,16-19,37H,6-10,12-13H2,1-3H3,(H2,28,29,30,31)/t16-,17-,18?,19?/m0/s1/i19D. The largest absolute Gasteiger partial charge is 0.488 e. The highest BCUT2D eigenvalue weighted by Gasteiger charge is 2.42. The first-order valence-electron chi connectivity index (χ1n) is 13.8. The molecule has 208 valence electrons. The molecule has 1 aromatic carbocycles.